The molecule has 34 heavy (non-hydrogen) atoms. The van der Waals surface area contributed by atoms with Gasteiger partial charge in [-0.05, 0) is 61.6 Å². The third kappa shape index (κ3) is 3.70. The molecule has 0 spiro atoms. The first-order valence-electron chi connectivity index (χ1n) is 12.2. The van der Waals surface area contributed by atoms with E-state index in [9.17, 15) is 0 Å². The molecule has 0 bridgehead atoms. The number of aryl methyl sites for hydroxylation is 1. The monoisotopic (exact) mass is 452 g/mol. The lowest BCUT2D eigenvalue weighted by atomic mass is 9.93. The Balaban J connectivity index is 1.37. The number of benzene rings is 3. The zero-order valence-corrected chi connectivity index (χ0v) is 19.4. The Morgan fingerprint density at radius 3 is 2.59 bits per heavy atom. The van der Waals surface area contributed by atoms with Gasteiger partial charge in [-0.1, -0.05) is 55.0 Å². The molecule has 1 aliphatic rings. The predicted octanol–water partition coefficient (Wildman–Crippen LogP) is 6.37. The molecule has 172 valence electrons. The smallest absolute Gasteiger partial charge is 0.157 e. The molecule has 0 radical (unpaired) electrons. The minimum Gasteiger partial charge on any atom is -0.333 e. The lowest BCUT2D eigenvalue weighted by Gasteiger charge is -2.26. The third-order valence-corrected chi connectivity index (χ3v) is 7.31. The zero-order valence-electron chi connectivity index (χ0n) is 19.4. The first kappa shape index (κ1) is 21.1. The molecule has 3 aromatic carbocycles. The molecule has 2 N–H and O–H groups in total. The van der Waals surface area contributed by atoms with Crippen LogP contribution < -0.4 is 5.32 Å². The van der Waals surface area contributed by atoms with Crippen LogP contribution in [0.4, 0.5) is 4.39 Å². The van der Waals surface area contributed by atoms with Crippen molar-refractivity contribution in [1.29, 1.82) is 0 Å². The van der Waals surface area contributed by atoms with E-state index < -0.39 is 0 Å². The van der Waals surface area contributed by atoms with Gasteiger partial charge in [-0.15, -0.1) is 0 Å². The molecule has 6 rings (SSSR count). The van der Waals surface area contributed by atoms with E-state index in [-0.39, 0.29) is 5.82 Å². The van der Waals surface area contributed by atoms with Gasteiger partial charge in [0.25, 0.3) is 0 Å². The van der Waals surface area contributed by atoms with Crippen molar-refractivity contribution in [2.75, 3.05) is 6.54 Å². The van der Waals surface area contributed by atoms with Gasteiger partial charge in [-0.2, -0.15) is 5.10 Å². The van der Waals surface area contributed by atoms with Crippen molar-refractivity contribution < 1.29 is 4.39 Å². The van der Waals surface area contributed by atoms with E-state index in [1.54, 1.807) is 6.20 Å². The number of hydrogen-bond acceptors (Lipinski definition) is 2. The highest BCUT2D eigenvalue weighted by atomic mass is 19.1. The highest BCUT2D eigenvalue weighted by Gasteiger charge is 2.22. The van der Waals surface area contributed by atoms with E-state index in [1.165, 1.54) is 24.8 Å². The van der Waals surface area contributed by atoms with Crippen LogP contribution in [0.15, 0.2) is 66.9 Å². The summed E-state index contributed by atoms with van der Waals surface area (Å²) in [5.74, 6) is -0.185. The van der Waals surface area contributed by atoms with Crippen LogP contribution in [0.1, 0.15) is 36.0 Å². The molecule has 5 heteroatoms. The summed E-state index contributed by atoms with van der Waals surface area (Å²) in [4.78, 5) is 0. The van der Waals surface area contributed by atoms with Gasteiger partial charge < -0.3 is 9.88 Å². The topological polar surface area (TPSA) is 45.6 Å². The maximum atomic E-state index is 16.1. The number of H-pyrrole nitrogens is 1. The summed E-state index contributed by atoms with van der Waals surface area (Å²) in [5.41, 5.74) is 6.84. The number of nitrogens with zero attached hydrogens (tertiary/aromatic N) is 2. The molecule has 1 fully saturated rings. The maximum absolute atomic E-state index is 16.1. The van der Waals surface area contributed by atoms with Crippen LogP contribution >= 0.6 is 0 Å². The van der Waals surface area contributed by atoms with Crippen LogP contribution in [0.3, 0.4) is 0 Å². The standard InChI is InChI=1S/C29H29FN4/c1-19-5-2-3-8-23(19)29-28(30)27-24-17-32-33-25(24)13-14-26(27)34(29)18-21-11-9-20(10-12-21)15-16-31-22-6-4-7-22/h2-3,5,8-14,17,22,31H,4,6-7,15-16,18H2,1H3,(H,32,33). The van der Waals surface area contributed by atoms with Crippen molar-refractivity contribution in [3.8, 4) is 11.3 Å². The summed E-state index contributed by atoms with van der Waals surface area (Å²) in [6.07, 6.45) is 6.74. The third-order valence-electron chi connectivity index (χ3n) is 7.31. The molecule has 0 saturated heterocycles. The highest BCUT2D eigenvalue weighted by molar-refractivity contribution is 6.07. The molecule has 0 aliphatic heterocycles. The van der Waals surface area contributed by atoms with Gasteiger partial charge in [0, 0.05) is 28.9 Å². The van der Waals surface area contributed by atoms with E-state index in [1.807, 2.05) is 43.3 Å². The molecule has 1 aliphatic carbocycles. The van der Waals surface area contributed by atoms with Crippen LogP contribution in [-0.2, 0) is 13.0 Å². The van der Waals surface area contributed by atoms with Crippen molar-refractivity contribution >= 4 is 21.8 Å². The first-order chi connectivity index (χ1) is 16.7. The minimum absolute atomic E-state index is 0.185. The summed E-state index contributed by atoms with van der Waals surface area (Å²) in [6, 6.07) is 21.5. The number of fused-ring (bicyclic) bond motifs is 3. The van der Waals surface area contributed by atoms with Crippen molar-refractivity contribution in [3.63, 3.8) is 0 Å². The Morgan fingerprint density at radius 1 is 1.03 bits per heavy atom. The van der Waals surface area contributed by atoms with Gasteiger partial charge in [0.05, 0.1) is 22.9 Å². The Morgan fingerprint density at radius 2 is 1.82 bits per heavy atom. The fourth-order valence-electron chi connectivity index (χ4n) is 5.11. The summed E-state index contributed by atoms with van der Waals surface area (Å²) in [5, 5.41) is 12.2. The number of nitrogens with one attached hydrogen (secondary N) is 2. The molecule has 2 heterocycles. The zero-order chi connectivity index (χ0) is 23.1. The van der Waals surface area contributed by atoms with Crippen molar-refractivity contribution in [1.82, 2.24) is 20.1 Å². The second kappa shape index (κ2) is 8.73. The van der Waals surface area contributed by atoms with Crippen LogP contribution in [0.2, 0.25) is 0 Å². The number of halogens is 1. The number of aromatic amines is 1. The van der Waals surface area contributed by atoms with Crippen LogP contribution in [0.5, 0.6) is 0 Å². The fraction of sp³-hybridized carbons (Fsp3) is 0.276. The lowest BCUT2D eigenvalue weighted by molar-refractivity contribution is 0.342. The molecule has 0 atom stereocenters. The van der Waals surface area contributed by atoms with Gasteiger partial charge in [-0.3, -0.25) is 5.10 Å². The van der Waals surface area contributed by atoms with Gasteiger partial charge in [0.2, 0.25) is 0 Å². The van der Waals surface area contributed by atoms with Crippen molar-refractivity contribution in [2.45, 2.75) is 45.2 Å². The Labute approximate surface area is 198 Å². The summed E-state index contributed by atoms with van der Waals surface area (Å²) < 4.78 is 18.2. The molecule has 2 aromatic heterocycles. The normalized spacial score (nSPS) is 14.2. The van der Waals surface area contributed by atoms with Crippen LogP contribution in [-0.4, -0.2) is 27.4 Å². The average Bonchev–Trinajstić information content (AvgIpc) is 3.40. The fourth-order valence-corrected chi connectivity index (χ4v) is 5.11. The van der Waals surface area contributed by atoms with Crippen molar-refractivity contribution in [3.05, 3.63) is 89.4 Å². The molecule has 4 nitrogen and oxygen atoms in total. The second-order valence-electron chi connectivity index (χ2n) is 9.50. The van der Waals surface area contributed by atoms with E-state index in [4.69, 9.17) is 0 Å². The molecule has 1 saturated carbocycles. The van der Waals surface area contributed by atoms with Crippen LogP contribution in [0, 0.1) is 12.7 Å². The Bertz CT molecular complexity index is 1460. The molecule has 0 amide bonds. The number of rotatable bonds is 7. The van der Waals surface area contributed by atoms with Crippen LogP contribution in [0.25, 0.3) is 33.1 Å². The Kier molecular flexibility index (Phi) is 5.42. The lowest BCUT2D eigenvalue weighted by Crippen LogP contribution is -2.36. The summed E-state index contributed by atoms with van der Waals surface area (Å²) in [6.45, 7) is 3.67. The molecule has 0 unspecified atom stereocenters. The van der Waals surface area contributed by atoms with Gasteiger partial charge in [0.1, 0.15) is 0 Å². The minimum atomic E-state index is -0.185. The Hall–Kier alpha value is -3.44. The largest absolute Gasteiger partial charge is 0.333 e. The molecule has 5 aromatic rings. The van der Waals surface area contributed by atoms with E-state index in [2.05, 4.69) is 44.3 Å². The second-order valence-corrected chi connectivity index (χ2v) is 9.50. The maximum Gasteiger partial charge on any atom is 0.157 e. The predicted molar refractivity (Wildman–Crippen MR) is 137 cm³/mol. The van der Waals surface area contributed by atoms with E-state index in [0.717, 1.165) is 52.1 Å². The number of hydrogen-bond donors (Lipinski definition) is 2. The number of aromatic nitrogens is 3. The van der Waals surface area contributed by atoms with E-state index in [0.29, 0.717) is 17.6 Å². The van der Waals surface area contributed by atoms with Gasteiger partial charge in [-0.25, -0.2) is 4.39 Å². The molecular formula is C29H29FN4. The van der Waals surface area contributed by atoms with E-state index >= 15 is 4.39 Å². The quantitative estimate of drug-likeness (QED) is 0.302. The SMILES string of the molecule is Cc1ccccc1-c1c(F)c2c3cn[nH]c3ccc2n1Cc1ccc(CCNC2CCC2)cc1. The highest BCUT2D eigenvalue weighted by Crippen LogP contribution is 2.38. The molecular weight excluding hydrogens is 423 g/mol. The summed E-state index contributed by atoms with van der Waals surface area (Å²) >= 11 is 0. The van der Waals surface area contributed by atoms with Gasteiger partial charge >= 0.3 is 0 Å². The van der Waals surface area contributed by atoms with Gasteiger partial charge in [0.15, 0.2) is 5.82 Å². The summed E-state index contributed by atoms with van der Waals surface area (Å²) in [7, 11) is 0. The first-order valence-corrected chi connectivity index (χ1v) is 12.2. The average molecular weight is 453 g/mol. The van der Waals surface area contributed by atoms with Crippen molar-refractivity contribution in [2.24, 2.45) is 0 Å².